The zero-order chi connectivity index (χ0) is 13.4. The van der Waals surface area contributed by atoms with Gasteiger partial charge in [0.1, 0.15) is 0 Å². The van der Waals surface area contributed by atoms with E-state index < -0.39 is 6.03 Å². The number of hydrogen-bond acceptors (Lipinski definition) is 3. The number of nitrogens with one attached hydrogen (secondary N) is 2. The normalized spacial score (nSPS) is 10.2. The van der Waals surface area contributed by atoms with E-state index in [9.17, 15) is 9.59 Å². The first-order valence-corrected chi connectivity index (χ1v) is 5.92. The summed E-state index contributed by atoms with van der Waals surface area (Å²) in [6.45, 7) is 3.15. The lowest BCUT2D eigenvalue weighted by atomic mass is 10.2. The number of hydrogen-bond donors (Lipinski definition) is 2. The van der Waals surface area contributed by atoms with Gasteiger partial charge in [-0.2, -0.15) is 0 Å². The fourth-order valence-electron chi connectivity index (χ4n) is 1.57. The lowest BCUT2D eigenvalue weighted by molar-refractivity contribution is -0.120. The molecule has 98 valence electrons. The van der Waals surface area contributed by atoms with E-state index in [-0.39, 0.29) is 12.5 Å². The van der Waals surface area contributed by atoms with Crippen LogP contribution in [0.1, 0.15) is 12.5 Å². The molecule has 2 N–H and O–H groups in total. The largest absolute Gasteiger partial charge is 0.338 e. The van der Waals surface area contributed by atoms with Crippen molar-refractivity contribution in [3.05, 3.63) is 35.9 Å². The SMILES string of the molecule is CCNC(=O)NC(=O)CN(C)Cc1ccccc1. The number of amides is 3. The van der Waals surface area contributed by atoms with E-state index in [1.165, 1.54) is 0 Å². The molecular formula is C13H19N3O2. The van der Waals surface area contributed by atoms with Crippen LogP contribution < -0.4 is 10.6 Å². The molecule has 5 heteroatoms. The van der Waals surface area contributed by atoms with Gasteiger partial charge in [0, 0.05) is 13.1 Å². The number of nitrogens with zero attached hydrogens (tertiary/aromatic N) is 1. The molecule has 0 fully saturated rings. The van der Waals surface area contributed by atoms with Crippen molar-refractivity contribution in [2.24, 2.45) is 0 Å². The maximum atomic E-state index is 11.5. The Morgan fingerprint density at radius 3 is 2.50 bits per heavy atom. The minimum absolute atomic E-state index is 0.187. The second-order valence-electron chi connectivity index (χ2n) is 4.07. The number of benzene rings is 1. The van der Waals surface area contributed by atoms with Crippen molar-refractivity contribution in [2.75, 3.05) is 20.1 Å². The standard InChI is InChI=1S/C13H19N3O2/c1-3-14-13(18)15-12(17)10-16(2)9-11-7-5-4-6-8-11/h4-8H,3,9-10H2,1-2H3,(H2,14,15,17,18). The number of carbonyl (C=O) groups is 2. The molecule has 0 bridgehead atoms. The predicted molar refractivity (Wildman–Crippen MR) is 70.0 cm³/mol. The Kier molecular flexibility index (Phi) is 5.87. The minimum atomic E-state index is -0.449. The molecule has 0 radical (unpaired) electrons. The summed E-state index contributed by atoms with van der Waals surface area (Å²) in [6, 6.07) is 9.41. The van der Waals surface area contributed by atoms with Crippen LogP contribution in [-0.4, -0.2) is 37.0 Å². The van der Waals surface area contributed by atoms with Crippen molar-refractivity contribution in [1.29, 1.82) is 0 Å². The molecule has 3 amide bonds. The molecule has 1 rings (SSSR count). The number of urea groups is 1. The van der Waals surface area contributed by atoms with Crippen LogP contribution in [-0.2, 0) is 11.3 Å². The Balaban J connectivity index is 2.34. The van der Waals surface area contributed by atoms with Gasteiger partial charge >= 0.3 is 6.03 Å². The molecule has 1 aromatic carbocycles. The van der Waals surface area contributed by atoms with Crippen molar-refractivity contribution in [1.82, 2.24) is 15.5 Å². The Morgan fingerprint density at radius 2 is 1.89 bits per heavy atom. The third-order valence-electron chi connectivity index (χ3n) is 2.30. The van der Waals surface area contributed by atoms with Crippen LogP contribution in [0, 0.1) is 0 Å². The van der Waals surface area contributed by atoms with Crippen molar-refractivity contribution >= 4 is 11.9 Å². The molecule has 0 aliphatic carbocycles. The highest BCUT2D eigenvalue weighted by Gasteiger charge is 2.09. The topological polar surface area (TPSA) is 61.4 Å². The van der Waals surface area contributed by atoms with Gasteiger partial charge in [0.25, 0.3) is 0 Å². The number of carbonyl (C=O) groups excluding carboxylic acids is 2. The van der Waals surface area contributed by atoms with E-state index in [2.05, 4.69) is 10.6 Å². The highest BCUT2D eigenvalue weighted by atomic mass is 16.2. The molecule has 0 saturated heterocycles. The molecule has 0 aliphatic rings. The second-order valence-corrected chi connectivity index (χ2v) is 4.07. The second kappa shape index (κ2) is 7.45. The number of imide groups is 1. The molecule has 0 aromatic heterocycles. The molecule has 0 spiro atoms. The molecule has 0 saturated carbocycles. The summed E-state index contributed by atoms with van der Waals surface area (Å²) in [5, 5.41) is 4.78. The maximum Gasteiger partial charge on any atom is 0.321 e. The summed E-state index contributed by atoms with van der Waals surface area (Å²) < 4.78 is 0. The third-order valence-corrected chi connectivity index (χ3v) is 2.30. The quantitative estimate of drug-likeness (QED) is 0.817. The van der Waals surface area contributed by atoms with Crippen LogP contribution in [0.2, 0.25) is 0 Å². The van der Waals surface area contributed by atoms with Gasteiger partial charge in [-0.25, -0.2) is 4.79 Å². The van der Waals surface area contributed by atoms with E-state index >= 15 is 0 Å². The fraction of sp³-hybridized carbons (Fsp3) is 0.385. The summed E-state index contributed by atoms with van der Waals surface area (Å²) in [5.74, 6) is -0.306. The van der Waals surface area contributed by atoms with Crippen LogP contribution >= 0.6 is 0 Å². The van der Waals surface area contributed by atoms with Gasteiger partial charge in [0.15, 0.2) is 0 Å². The lowest BCUT2D eigenvalue weighted by Crippen LogP contribution is -2.43. The van der Waals surface area contributed by atoms with E-state index in [0.717, 1.165) is 5.56 Å². The highest BCUT2D eigenvalue weighted by Crippen LogP contribution is 2.01. The van der Waals surface area contributed by atoms with Crippen LogP contribution in [0.4, 0.5) is 4.79 Å². The monoisotopic (exact) mass is 249 g/mol. The summed E-state index contributed by atoms with van der Waals surface area (Å²) >= 11 is 0. The Bertz CT molecular complexity index is 392. The average Bonchev–Trinajstić information content (AvgIpc) is 2.29. The molecule has 0 unspecified atom stereocenters. The van der Waals surface area contributed by atoms with Crippen LogP contribution in [0.5, 0.6) is 0 Å². The van der Waals surface area contributed by atoms with Crippen LogP contribution in [0.25, 0.3) is 0 Å². The summed E-state index contributed by atoms with van der Waals surface area (Å²) in [4.78, 5) is 24.5. The van der Waals surface area contributed by atoms with E-state index in [1.54, 1.807) is 6.92 Å². The van der Waals surface area contributed by atoms with Crippen molar-refractivity contribution < 1.29 is 9.59 Å². The molecule has 0 aliphatic heterocycles. The van der Waals surface area contributed by atoms with Gasteiger partial charge in [0.05, 0.1) is 6.54 Å². The predicted octanol–water partition coefficient (Wildman–Crippen LogP) is 0.964. The summed E-state index contributed by atoms with van der Waals surface area (Å²) in [6.07, 6.45) is 0. The van der Waals surface area contributed by atoms with Gasteiger partial charge in [-0.3, -0.25) is 15.0 Å². The first kappa shape index (κ1) is 14.2. The van der Waals surface area contributed by atoms with Gasteiger partial charge < -0.3 is 5.32 Å². The van der Waals surface area contributed by atoms with E-state index in [1.807, 2.05) is 42.3 Å². The van der Waals surface area contributed by atoms with Gasteiger partial charge in [-0.05, 0) is 19.5 Å². The van der Waals surface area contributed by atoms with Gasteiger partial charge in [-0.15, -0.1) is 0 Å². The van der Waals surface area contributed by atoms with Gasteiger partial charge in [-0.1, -0.05) is 30.3 Å². The van der Waals surface area contributed by atoms with Gasteiger partial charge in [0.2, 0.25) is 5.91 Å². The molecule has 5 nitrogen and oxygen atoms in total. The molecule has 1 aromatic rings. The molecule has 0 atom stereocenters. The maximum absolute atomic E-state index is 11.5. The zero-order valence-electron chi connectivity index (χ0n) is 10.8. The average molecular weight is 249 g/mol. The summed E-state index contributed by atoms with van der Waals surface area (Å²) in [5.41, 5.74) is 1.13. The number of likely N-dealkylation sites (N-methyl/N-ethyl adjacent to an activating group) is 1. The van der Waals surface area contributed by atoms with Crippen molar-refractivity contribution in [3.63, 3.8) is 0 Å². The molecule has 18 heavy (non-hydrogen) atoms. The zero-order valence-corrected chi connectivity index (χ0v) is 10.8. The number of rotatable bonds is 5. The summed E-state index contributed by atoms with van der Waals surface area (Å²) in [7, 11) is 1.84. The first-order valence-electron chi connectivity index (χ1n) is 5.92. The Morgan fingerprint density at radius 1 is 1.22 bits per heavy atom. The third kappa shape index (κ3) is 5.45. The van der Waals surface area contributed by atoms with Crippen molar-refractivity contribution in [2.45, 2.75) is 13.5 Å². The smallest absolute Gasteiger partial charge is 0.321 e. The first-order chi connectivity index (χ1) is 8.61. The van der Waals surface area contributed by atoms with Crippen LogP contribution in [0.15, 0.2) is 30.3 Å². The lowest BCUT2D eigenvalue weighted by Gasteiger charge is -2.15. The van der Waals surface area contributed by atoms with Crippen molar-refractivity contribution in [3.8, 4) is 0 Å². The molecular weight excluding hydrogens is 230 g/mol. The molecule has 0 heterocycles. The van der Waals surface area contributed by atoms with Crippen LogP contribution in [0.3, 0.4) is 0 Å². The van der Waals surface area contributed by atoms with E-state index in [0.29, 0.717) is 13.1 Å². The fourth-order valence-corrected chi connectivity index (χ4v) is 1.57. The Labute approximate surface area is 107 Å². The van der Waals surface area contributed by atoms with E-state index in [4.69, 9.17) is 0 Å². The minimum Gasteiger partial charge on any atom is -0.338 e. The Hall–Kier alpha value is -1.88. The highest BCUT2D eigenvalue weighted by molar-refractivity contribution is 5.95.